The third kappa shape index (κ3) is 8.62. The zero-order valence-electron chi connectivity index (χ0n) is 18.3. The number of sulfone groups is 1. The van der Waals surface area contributed by atoms with Gasteiger partial charge in [0.05, 0.1) is 12.3 Å². The molecule has 1 aromatic carbocycles. The molecule has 8 heteroatoms. The summed E-state index contributed by atoms with van der Waals surface area (Å²) >= 11 is 0. The van der Waals surface area contributed by atoms with Crippen molar-refractivity contribution in [2.24, 2.45) is 4.99 Å². The first kappa shape index (κ1) is 23.5. The lowest BCUT2D eigenvalue weighted by Gasteiger charge is -2.38. The summed E-state index contributed by atoms with van der Waals surface area (Å²) in [5, 5.41) is 6.59. The molecule has 2 rings (SSSR count). The molecule has 0 radical (unpaired) electrons. The van der Waals surface area contributed by atoms with Crippen molar-refractivity contribution in [3.8, 4) is 0 Å². The summed E-state index contributed by atoms with van der Waals surface area (Å²) in [6, 6.07) is 11.0. The van der Waals surface area contributed by atoms with E-state index in [-0.39, 0.29) is 11.8 Å². The van der Waals surface area contributed by atoms with E-state index in [1.54, 1.807) is 0 Å². The number of hydrogen-bond acceptors (Lipinski definition) is 5. The molecule has 2 atom stereocenters. The molecule has 7 nitrogen and oxygen atoms in total. The van der Waals surface area contributed by atoms with Crippen LogP contribution in [0.25, 0.3) is 0 Å². The molecule has 0 spiro atoms. The highest BCUT2D eigenvalue weighted by molar-refractivity contribution is 7.90. The second kappa shape index (κ2) is 11.4. The first-order valence-electron chi connectivity index (χ1n) is 10.5. The van der Waals surface area contributed by atoms with Crippen molar-refractivity contribution in [3.63, 3.8) is 0 Å². The minimum atomic E-state index is -2.94. The van der Waals surface area contributed by atoms with E-state index in [1.807, 2.05) is 13.8 Å². The van der Waals surface area contributed by atoms with Gasteiger partial charge < -0.3 is 15.5 Å². The van der Waals surface area contributed by atoms with Crippen molar-refractivity contribution in [2.45, 2.75) is 39.3 Å². The van der Waals surface area contributed by atoms with Crippen molar-refractivity contribution >= 4 is 21.5 Å². The molecule has 1 heterocycles. The Kier molecular flexibility index (Phi) is 9.23. The smallest absolute Gasteiger partial charge is 0.191 e. The van der Waals surface area contributed by atoms with Gasteiger partial charge in [0.15, 0.2) is 5.96 Å². The quantitative estimate of drug-likeness (QED) is 0.464. The maximum atomic E-state index is 11.4. The van der Waals surface area contributed by atoms with Crippen LogP contribution in [0.3, 0.4) is 0 Å². The average Bonchev–Trinajstić information content (AvgIpc) is 2.71. The number of aliphatic imine (C=N–C) groups is 1. The summed E-state index contributed by atoms with van der Waals surface area (Å²) in [5.41, 5.74) is 1.29. The first-order chi connectivity index (χ1) is 13.8. The standard InChI is InChI=1S/C21H37N5O2S/c1-5-22-21(24-18(2)11-16-29(4,27)28)23-17-19(3)25-12-14-26(15-13-25)20-9-7-6-8-10-20/h6-10,18-19H,5,11-17H2,1-4H3,(H2,22,23,24). The predicted molar refractivity (Wildman–Crippen MR) is 123 cm³/mol. The maximum absolute atomic E-state index is 11.4. The van der Waals surface area contributed by atoms with E-state index in [0.717, 1.165) is 38.7 Å². The zero-order chi connectivity index (χ0) is 21.3. The molecule has 0 saturated carbocycles. The van der Waals surface area contributed by atoms with Crippen molar-refractivity contribution in [3.05, 3.63) is 30.3 Å². The largest absolute Gasteiger partial charge is 0.369 e. The first-order valence-corrected chi connectivity index (χ1v) is 12.6. The number of nitrogens with zero attached hydrogens (tertiary/aromatic N) is 3. The molecule has 2 N–H and O–H groups in total. The van der Waals surface area contributed by atoms with Gasteiger partial charge in [-0.2, -0.15) is 0 Å². The average molecular weight is 424 g/mol. The van der Waals surface area contributed by atoms with Gasteiger partial charge in [-0.15, -0.1) is 0 Å². The highest BCUT2D eigenvalue weighted by atomic mass is 32.2. The molecule has 1 saturated heterocycles. The monoisotopic (exact) mass is 423 g/mol. The second-order valence-corrected chi connectivity index (χ2v) is 10.2. The van der Waals surface area contributed by atoms with Crippen molar-refractivity contribution in [1.29, 1.82) is 0 Å². The number of rotatable bonds is 9. The lowest BCUT2D eigenvalue weighted by molar-refractivity contribution is 0.201. The molecule has 164 valence electrons. The number of guanidine groups is 1. The van der Waals surface area contributed by atoms with Crippen LogP contribution in [0, 0.1) is 0 Å². The second-order valence-electron chi connectivity index (χ2n) is 7.89. The van der Waals surface area contributed by atoms with E-state index in [9.17, 15) is 8.42 Å². The summed E-state index contributed by atoms with van der Waals surface area (Å²) in [6.07, 6.45) is 1.85. The molecule has 1 aliphatic heterocycles. The summed E-state index contributed by atoms with van der Waals surface area (Å²) in [5.74, 6) is 0.936. The number of hydrogen-bond donors (Lipinski definition) is 2. The predicted octanol–water partition coefficient (Wildman–Crippen LogP) is 1.58. The van der Waals surface area contributed by atoms with Gasteiger partial charge in [-0.25, -0.2) is 8.42 Å². The fourth-order valence-corrected chi connectivity index (χ4v) is 4.20. The van der Waals surface area contributed by atoms with Crippen LogP contribution >= 0.6 is 0 Å². The zero-order valence-corrected chi connectivity index (χ0v) is 19.1. The Bertz CT molecular complexity index is 731. The van der Waals surface area contributed by atoms with Crippen molar-refractivity contribution in [2.75, 3.05) is 56.2 Å². The Labute approximate surface area is 176 Å². The maximum Gasteiger partial charge on any atom is 0.191 e. The van der Waals surface area contributed by atoms with Gasteiger partial charge in [0, 0.05) is 56.8 Å². The van der Waals surface area contributed by atoms with Crippen LogP contribution < -0.4 is 15.5 Å². The van der Waals surface area contributed by atoms with Gasteiger partial charge in [-0.1, -0.05) is 18.2 Å². The van der Waals surface area contributed by atoms with Crippen molar-refractivity contribution < 1.29 is 8.42 Å². The fraction of sp³-hybridized carbons (Fsp3) is 0.667. The van der Waals surface area contributed by atoms with E-state index in [2.05, 4.69) is 57.7 Å². The summed E-state index contributed by atoms with van der Waals surface area (Å²) < 4.78 is 22.7. The number of piperazine rings is 1. The van der Waals surface area contributed by atoms with Crippen LogP contribution in [0.2, 0.25) is 0 Å². The minimum absolute atomic E-state index is 0.0484. The number of benzene rings is 1. The Morgan fingerprint density at radius 1 is 1.14 bits per heavy atom. The third-order valence-corrected chi connectivity index (χ3v) is 6.20. The van der Waals surface area contributed by atoms with Gasteiger partial charge in [0.1, 0.15) is 9.84 Å². The number of nitrogens with one attached hydrogen (secondary N) is 2. The highest BCUT2D eigenvalue weighted by Crippen LogP contribution is 2.16. The Balaban J connectivity index is 1.82. The molecule has 0 aromatic heterocycles. The van der Waals surface area contributed by atoms with Gasteiger partial charge in [0.25, 0.3) is 0 Å². The topological polar surface area (TPSA) is 77.0 Å². The molecular weight excluding hydrogens is 386 g/mol. The molecule has 1 aromatic rings. The molecule has 0 aliphatic carbocycles. The Hall–Kier alpha value is -1.80. The third-order valence-electron chi connectivity index (χ3n) is 5.22. The van der Waals surface area contributed by atoms with Crippen LogP contribution in [-0.4, -0.2) is 82.6 Å². The molecule has 0 bridgehead atoms. The minimum Gasteiger partial charge on any atom is -0.369 e. The Morgan fingerprint density at radius 2 is 1.79 bits per heavy atom. The van der Waals surface area contributed by atoms with E-state index < -0.39 is 9.84 Å². The summed E-state index contributed by atoms with van der Waals surface area (Å²) in [4.78, 5) is 9.66. The lowest BCUT2D eigenvalue weighted by Crippen LogP contribution is -2.51. The normalized spacial score (nSPS) is 18.3. The molecule has 1 aliphatic rings. The Morgan fingerprint density at radius 3 is 2.38 bits per heavy atom. The number of anilines is 1. The lowest BCUT2D eigenvalue weighted by atomic mass is 10.2. The summed E-state index contributed by atoms with van der Waals surface area (Å²) in [7, 11) is -2.94. The van der Waals surface area contributed by atoms with Gasteiger partial charge in [0.2, 0.25) is 0 Å². The van der Waals surface area contributed by atoms with Crippen LogP contribution in [-0.2, 0) is 9.84 Å². The van der Waals surface area contributed by atoms with Gasteiger partial charge in [-0.3, -0.25) is 9.89 Å². The highest BCUT2D eigenvalue weighted by Gasteiger charge is 2.21. The van der Waals surface area contributed by atoms with Gasteiger partial charge >= 0.3 is 0 Å². The van der Waals surface area contributed by atoms with Crippen LogP contribution in [0.4, 0.5) is 5.69 Å². The SMILES string of the molecule is CCNC(=NCC(C)N1CCN(c2ccccc2)CC1)NC(C)CCS(C)(=O)=O. The molecular formula is C21H37N5O2S. The van der Waals surface area contributed by atoms with Crippen LogP contribution in [0.15, 0.2) is 35.3 Å². The molecule has 2 unspecified atom stereocenters. The van der Waals surface area contributed by atoms with E-state index >= 15 is 0 Å². The molecule has 29 heavy (non-hydrogen) atoms. The van der Waals surface area contributed by atoms with Crippen LogP contribution in [0.1, 0.15) is 27.2 Å². The van der Waals surface area contributed by atoms with E-state index in [4.69, 9.17) is 4.99 Å². The fourth-order valence-electron chi connectivity index (χ4n) is 3.42. The summed E-state index contributed by atoms with van der Waals surface area (Å²) in [6.45, 7) is 11.8. The van der Waals surface area contributed by atoms with Crippen molar-refractivity contribution in [1.82, 2.24) is 15.5 Å². The number of para-hydroxylation sites is 1. The van der Waals surface area contributed by atoms with Gasteiger partial charge in [-0.05, 0) is 39.3 Å². The van der Waals surface area contributed by atoms with E-state index in [0.29, 0.717) is 19.0 Å². The molecule has 1 fully saturated rings. The van der Waals surface area contributed by atoms with E-state index in [1.165, 1.54) is 11.9 Å². The van der Waals surface area contributed by atoms with Crippen LogP contribution in [0.5, 0.6) is 0 Å². The molecule has 0 amide bonds.